The van der Waals surface area contributed by atoms with Crippen LogP contribution in [-0.2, 0) is 0 Å². The highest BCUT2D eigenvalue weighted by molar-refractivity contribution is 7.20. The minimum absolute atomic E-state index is 0.0550. The lowest BCUT2D eigenvalue weighted by Crippen LogP contribution is -2.45. The van der Waals surface area contributed by atoms with Gasteiger partial charge in [-0.15, -0.1) is 11.3 Å². The normalized spacial score (nSPS) is 31.9. The molecule has 0 aromatic carbocycles. The Kier molecular flexibility index (Phi) is 2.79. The Morgan fingerprint density at radius 3 is 3.10 bits per heavy atom. The quantitative estimate of drug-likeness (QED) is 0.920. The van der Waals surface area contributed by atoms with E-state index in [4.69, 9.17) is 0 Å². The lowest BCUT2D eigenvalue weighted by Gasteiger charge is -2.27. The van der Waals surface area contributed by atoms with E-state index in [2.05, 4.69) is 22.1 Å². The van der Waals surface area contributed by atoms with Gasteiger partial charge in [0, 0.05) is 31.4 Å². The minimum Gasteiger partial charge on any atom is -0.347 e. The summed E-state index contributed by atoms with van der Waals surface area (Å²) in [6.45, 7) is 4.41. The third kappa shape index (κ3) is 1.93. The van der Waals surface area contributed by atoms with Gasteiger partial charge in [0.1, 0.15) is 0 Å². The van der Waals surface area contributed by atoms with Gasteiger partial charge in [0.25, 0.3) is 5.91 Å². The number of rotatable bonds is 2. The molecule has 2 aromatic heterocycles. The molecule has 2 aromatic rings. The first-order valence-electron chi connectivity index (χ1n) is 7.10. The minimum atomic E-state index is 0.0550. The van der Waals surface area contributed by atoms with Gasteiger partial charge in [-0.2, -0.15) is 0 Å². The number of pyridine rings is 1. The molecule has 0 radical (unpaired) electrons. The molecule has 2 saturated heterocycles. The Labute approximate surface area is 121 Å². The fourth-order valence-electron chi connectivity index (χ4n) is 3.48. The fraction of sp³-hybridized carbons (Fsp3) is 0.467. The second kappa shape index (κ2) is 4.53. The summed E-state index contributed by atoms with van der Waals surface area (Å²) >= 11 is 1.52. The molecule has 4 heterocycles. The molecule has 104 valence electrons. The third-order valence-electron chi connectivity index (χ3n) is 4.56. The number of hydrogen-bond acceptors (Lipinski definition) is 4. The number of nitrogens with zero attached hydrogens (tertiary/aromatic N) is 2. The highest BCUT2D eigenvalue weighted by atomic mass is 32.1. The van der Waals surface area contributed by atoms with Crippen molar-refractivity contribution in [3.63, 3.8) is 0 Å². The molecule has 1 amide bonds. The Morgan fingerprint density at radius 1 is 1.50 bits per heavy atom. The van der Waals surface area contributed by atoms with E-state index >= 15 is 0 Å². The average molecular weight is 287 g/mol. The molecular weight excluding hydrogens is 270 g/mol. The van der Waals surface area contributed by atoms with E-state index in [-0.39, 0.29) is 5.91 Å². The maximum absolute atomic E-state index is 12.4. The summed E-state index contributed by atoms with van der Waals surface area (Å²) in [6.07, 6.45) is 2.97. The number of carbonyl (C=O) groups is 1. The van der Waals surface area contributed by atoms with Crippen molar-refractivity contribution >= 4 is 27.5 Å². The van der Waals surface area contributed by atoms with Gasteiger partial charge in [0.05, 0.1) is 15.1 Å². The SMILES string of the molecule is CC1CC2CN1CC2NC(=O)c1cc2ncccc2s1. The number of thiophene rings is 1. The van der Waals surface area contributed by atoms with Crippen LogP contribution in [0.2, 0.25) is 0 Å². The van der Waals surface area contributed by atoms with Crippen molar-refractivity contribution in [1.29, 1.82) is 0 Å². The van der Waals surface area contributed by atoms with E-state index in [0.29, 0.717) is 18.0 Å². The molecule has 4 nitrogen and oxygen atoms in total. The predicted molar refractivity (Wildman–Crippen MR) is 80.0 cm³/mol. The van der Waals surface area contributed by atoms with Crippen LogP contribution in [0.5, 0.6) is 0 Å². The summed E-state index contributed by atoms with van der Waals surface area (Å²) in [7, 11) is 0. The molecule has 4 unspecified atom stereocenters. The zero-order chi connectivity index (χ0) is 13.7. The van der Waals surface area contributed by atoms with E-state index in [1.54, 1.807) is 6.20 Å². The van der Waals surface area contributed by atoms with E-state index in [9.17, 15) is 4.79 Å². The molecule has 2 aliphatic rings. The van der Waals surface area contributed by atoms with Crippen molar-refractivity contribution in [2.24, 2.45) is 5.92 Å². The molecule has 4 rings (SSSR count). The molecule has 20 heavy (non-hydrogen) atoms. The number of nitrogens with one attached hydrogen (secondary N) is 1. The summed E-state index contributed by atoms with van der Waals surface area (Å²) in [5.41, 5.74) is 0.910. The van der Waals surface area contributed by atoms with Crippen molar-refractivity contribution in [1.82, 2.24) is 15.2 Å². The standard InChI is InChI=1S/C15H17N3OS/c1-9-5-10-7-18(9)8-12(10)17-15(19)14-6-11-13(20-14)3-2-4-16-11/h2-4,6,9-10,12H,5,7-8H2,1H3,(H,17,19). The predicted octanol–water partition coefficient (Wildman–Crippen LogP) is 2.12. The smallest absolute Gasteiger partial charge is 0.261 e. The zero-order valence-corrected chi connectivity index (χ0v) is 12.2. The second-order valence-electron chi connectivity index (χ2n) is 5.88. The molecule has 0 aliphatic carbocycles. The van der Waals surface area contributed by atoms with E-state index < -0.39 is 0 Å². The number of hydrogen-bond donors (Lipinski definition) is 1. The Hall–Kier alpha value is -1.46. The third-order valence-corrected chi connectivity index (χ3v) is 5.65. The van der Waals surface area contributed by atoms with Crippen molar-refractivity contribution < 1.29 is 4.79 Å². The van der Waals surface area contributed by atoms with Crippen molar-refractivity contribution in [2.45, 2.75) is 25.4 Å². The first kappa shape index (κ1) is 12.3. The molecule has 1 N–H and O–H groups in total. The van der Waals surface area contributed by atoms with Crippen LogP contribution in [0.3, 0.4) is 0 Å². The monoisotopic (exact) mass is 287 g/mol. The molecule has 2 bridgehead atoms. The largest absolute Gasteiger partial charge is 0.347 e. The van der Waals surface area contributed by atoms with Crippen LogP contribution in [0, 0.1) is 5.92 Å². The number of fused-ring (bicyclic) bond motifs is 3. The Balaban J connectivity index is 1.51. The highest BCUT2D eigenvalue weighted by Crippen LogP contribution is 2.33. The van der Waals surface area contributed by atoms with Gasteiger partial charge in [-0.3, -0.25) is 14.7 Å². The van der Waals surface area contributed by atoms with Crippen LogP contribution in [-0.4, -0.2) is 41.0 Å². The summed E-state index contributed by atoms with van der Waals surface area (Å²) in [4.78, 5) is 19.9. The van der Waals surface area contributed by atoms with Crippen LogP contribution in [0.1, 0.15) is 23.0 Å². The van der Waals surface area contributed by atoms with Crippen molar-refractivity contribution in [3.05, 3.63) is 29.3 Å². The zero-order valence-electron chi connectivity index (χ0n) is 11.4. The van der Waals surface area contributed by atoms with Gasteiger partial charge in [0.15, 0.2) is 0 Å². The molecular formula is C15H17N3OS. The molecule has 5 heteroatoms. The van der Waals surface area contributed by atoms with Crippen LogP contribution in [0.15, 0.2) is 24.4 Å². The highest BCUT2D eigenvalue weighted by Gasteiger charge is 2.42. The van der Waals surface area contributed by atoms with Crippen molar-refractivity contribution in [3.8, 4) is 0 Å². The Morgan fingerprint density at radius 2 is 2.40 bits per heavy atom. The maximum atomic E-state index is 12.4. The van der Waals surface area contributed by atoms with E-state index in [1.807, 2.05) is 18.2 Å². The first-order valence-corrected chi connectivity index (χ1v) is 7.92. The van der Waals surface area contributed by atoms with E-state index in [1.165, 1.54) is 17.8 Å². The van der Waals surface area contributed by atoms with Crippen LogP contribution < -0.4 is 5.32 Å². The summed E-state index contributed by atoms with van der Waals surface area (Å²) < 4.78 is 1.07. The summed E-state index contributed by atoms with van der Waals surface area (Å²) in [5.74, 6) is 0.681. The van der Waals surface area contributed by atoms with Gasteiger partial charge >= 0.3 is 0 Å². The Bertz CT molecular complexity index is 633. The van der Waals surface area contributed by atoms with Gasteiger partial charge < -0.3 is 5.32 Å². The average Bonchev–Trinajstić information content (AvgIpc) is 3.10. The summed E-state index contributed by atoms with van der Waals surface area (Å²) in [5, 5.41) is 3.21. The molecule has 0 spiro atoms. The lowest BCUT2D eigenvalue weighted by molar-refractivity contribution is 0.0923. The number of carbonyl (C=O) groups excluding carboxylic acids is 1. The lowest BCUT2D eigenvalue weighted by atomic mass is 9.96. The topological polar surface area (TPSA) is 45.2 Å². The number of piperidine rings is 1. The first-order chi connectivity index (χ1) is 9.70. The molecule has 4 atom stereocenters. The number of amides is 1. The molecule has 0 saturated carbocycles. The molecule has 2 aliphatic heterocycles. The fourth-order valence-corrected chi connectivity index (χ4v) is 4.40. The summed E-state index contributed by atoms with van der Waals surface area (Å²) in [6, 6.07) is 6.81. The van der Waals surface area contributed by atoms with Crippen LogP contribution in [0.25, 0.3) is 10.2 Å². The van der Waals surface area contributed by atoms with Crippen LogP contribution >= 0.6 is 11.3 Å². The van der Waals surface area contributed by atoms with Crippen molar-refractivity contribution in [2.75, 3.05) is 13.1 Å². The molecule has 2 fully saturated rings. The van der Waals surface area contributed by atoms with E-state index in [0.717, 1.165) is 28.2 Å². The second-order valence-corrected chi connectivity index (χ2v) is 6.96. The van der Waals surface area contributed by atoms with Gasteiger partial charge in [-0.1, -0.05) is 0 Å². The number of aromatic nitrogens is 1. The van der Waals surface area contributed by atoms with Crippen LogP contribution in [0.4, 0.5) is 0 Å². The maximum Gasteiger partial charge on any atom is 0.261 e. The van der Waals surface area contributed by atoms with Gasteiger partial charge in [-0.25, -0.2) is 0 Å². The van der Waals surface area contributed by atoms with Gasteiger partial charge in [0.2, 0.25) is 0 Å². The van der Waals surface area contributed by atoms with Gasteiger partial charge in [-0.05, 0) is 37.5 Å².